The molecule has 0 spiro atoms. The van der Waals surface area contributed by atoms with Gasteiger partial charge in [0.15, 0.2) is 4.80 Å². The Morgan fingerprint density at radius 3 is 2.32 bits per heavy atom. The minimum atomic E-state index is -3.53. The van der Waals surface area contributed by atoms with Crippen LogP contribution in [-0.4, -0.2) is 36.3 Å². The first-order valence-corrected chi connectivity index (χ1v) is 12.7. The second kappa shape index (κ2) is 8.33. The monoisotopic (exact) mass is 457 g/mol. The molecule has 1 aliphatic heterocycles. The number of hydrogen-bond acceptors (Lipinski definition) is 4. The second-order valence-corrected chi connectivity index (χ2v) is 11.3. The minimum absolute atomic E-state index is 0.219. The van der Waals surface area contributed by atoms with Gasteiger partial charge in [0.25, 0.3) is 5.91 Å². The maximum absolute atomic E-state index is 12.9. The molecule has 31 heavy (non-hydrogen) atoms. The van der Waals surface area contributed by atoms with Gasteiger partial charge in [0.1, 0.15) is 0 Å². The Balaban J connectivity index is 1.60. The predicted molar refractivity (Wildman–Crippen MR) is 124 cm³/mol. The number of sulfonamides is 1. The van der Waals surface area contributed by atoms with Crippen molar-refractivity contribution in [1.29, 1.82) is 0 Å². The van der Waals surface area contributed by atoms with E-state index < -0.39 is 10.0 Å². The van der Waals surface area contributed by atoms with Crippen molar-refractivity contribution in [1.82, 2.24) is 8.87 Å². The molecule has 0 atom stereocenters. The third kappa shape index (κ3) is 4.24. The van der Waals surface area contributed by atoms with E-state index in [9.17, 15) is 13.2 Å². The number of fused-ring (bicyclic) bond motifs is 1. The van der Waals surface area contributed by atoms with Gasteiger partial charge in [0, 0.05) is 25.7 Å². The molecule has 0 aliphatic carbocycles. The van der Waals surface area contributed by atoms with Crippen LogP contribution in [0, 0.1) is 19.8 Å². The molecule has 2 heterocycles. The van der Waals surface area contributed by atoms with Gasteiger partial charge in [-0.25, -0.2) is 8.42 Å². The van der Waals surface area contributed by atoms with Crippen LogP contribution >= 0.6 is 11.3 Å². The summed E-state index contributed by atoms with van der Waals surface area (Å²) in [6, 6.07) is 10.3. The van der Waals surface area contributed by atoms with E-state index in [0.29, 0.717) is 29.4 Å². The van der Waals surface area contributed by atoms with Gasteiger partial charge in [-0.15, -0.1) is 0 Å². The maximum Gasteiger partial charge on any atom is 0.279 e. The highest BCUT2D eigenvalue weighted by molar-refractivity contribution is 7.89. The van der Waals surface area contributed by atoms with Crippen LogP contribution in [0.1, 0.15) is 41.3 Å². The van der Waals surface area contributed by atoms with Gasteiger partial charge in [-0.2, -0.15) is 9.30 Å². The molecule has 1 amide bonds. The van der Waals surface area contributed by atoms with Crippen LogP contribution in [0.3, 0.4) is 0 Å². The van der Waals surface area contributed by atoms with Gasteiger partial charge in [-0.05, 0) is 80.1 Å². The number of nitrogens with zero attached hydrogens (tertiary/aromatic N) is 3. The topological polar surface area (TPSA) is 71.7 Å². The smallest absolute Gasteiger partial charge is 0.279 e. The Hall–Kier alpha value is -2.29. The highest BCUT2D eigenvalue weighted by Gasteiger charge is 2.28. The van der Waals surface area contributed by atoms with E-state index >= 15 is 0 Å². The molecule has 1 saturated heterocycles. The van der Waals surface area contributed by atoms with Gasteiger partial charge in [-0.1, -0.05) is 18.3 Å². The molecular formula is C23H27N3O3S2. The number of carbonyl (C=O) groups excluding carboxylic acids is 1. The Bertz CT molecular complexity index is 1310. The van der Waals surface area contributed by atoms with Crippen molar-refractivity contribution in [2.75, 3.05) is 13.1 Å². The molecule has 1 fully saturated rings. The van der Waals surface area contributed by atoms with Gasteiger partial charge in [0.05, 0.1) is 15.1 Å². The molecule has 3 aromatic rings. The number of aryl methyl sites for hydroxylation is 3. The number of aromatic nitrogens is 1. The Morgan fingerprint density at radius 2 is 1.68 bits per heavy atom. The molecule has 1 aromatic heterocycles. The lowest BCUT2D eigenvalue weighted by Gasteiger charge is -2.29. The van der Waals surface area contributed by atoms with E-state index in [-0.39, 0.29) is 10.8 Å². The van der Waals surface area contributed by atoms with Crippen LogP contribution < -0.4 is 4.80 Å². The van der Waals surface area contributed by atoms with Gasteiger partial charge < -0.3 is 4.57 Å². The van der Waals surface area contributed by atoms with E-state index in [0.717, 1.165) is 23.1 Å². The maximum atomic E-state index is 12.9. The second-order valence-electron chi connectivity index (χ2n) is 8.38. The summed E-state index contributed by atoms with van der Waals surface area (Å²) in [6.45, 7) is 7.36. The normalized spacial score (nSPS) is 16.8. The molecule has 6 nitrogen and oxygen atoms in total. The summed E-state index contributed by atoms with van der Waals surface area (Å²) in [4.78, 5) is 17.9. The fraction of sp³-hybridized carbons (Fsp3) is 0.391. The molecule has 164 valence electrons. The Labute approximate surface area is 186 Å². The van der Waals surface area contributed by atoms with Crippen LogP contribution in [0.25, 0.3) is 10.2 Å². The highest BCUT2D eigenvalue weighted by atomic mass is 32.2. The first-order chi connectivity index (χ1) is 14.7. The van der Waals surface area contributed by atoms with Crippen molar-refractivity contribution in [2.24, 2.45) is 18.0 Å². The molecule has 8 heteroatoms. The SMILES string of the molecule is Cc1cc2sc(=NC(=O)c3ccc(S(=O)(=O)N4CCC(C)CC4)cc3)n(C)c2cc1C. The average Bonchev–Trinajstić information content (AvgIpc) is 3.03. The van der Waals surface area contributed by atoms with Crippen molar-refractivity contribution < 1.29 is 13.2 Å². The summed E-state index contributed by atoms with van der Waals surface area (Å²) in [5, 5.41) is 0. The highest BCUT2D eigenvalue weighted by Crippen LogP contribution is 2.24. The van der Waals surface area contributed by atoms with Crippen LogP contribution in [-0.2, 0) is 17.1 Å². The fourth-order valence-corrected chi connectivity index (χ4v) is 6.35. The molecule has 1 aliphatic rings. The largest absolute Gasteiger partial charge is 0.319 e. The summed E-state index contributed by atoms with van der Waals surface area (Å²) in [5.41, 5.74) is 3.80. The minimum Gasteiger partial charge on any atom is -0.319 e. The third-order valence-corrected chi connectivity index (χ3v) is 9.11. The standard InChI is InChI=1S/C23H27N3O3S2/c1-15-9-11-26(12-10-15)31(28,29)19-7-5-18(6-8-19)22(27)24-23-25(4)20-13-16(2)17(3)14-21(20)30-23/h5-8,13-15H,9-12H2,1-4H3. The lowest BCUT2D eigenvalue weighted by Crippen LogP contribution is -2.37. The molecular weight excluding hydrogens is 430 g/mol. The molecule has 0 bridgehead atoms. The van der Waals surface area contributed by atoms with E-state index in [1.807, 2.05) is 11.6 Å². The zero-order chi connectivity index (χ0) is 22.3. The summed E-state index contributed by atoms with van der Waals surface area (Å²) >= 11 is 1.47. The number of thiazole rings is 1. The molecule has 0 unspecified atom stereocenters. The summed E-state index contributed by atoms with van der Waals surface area (Å²) in [7, 11) is -1.63. The lowest BCUT2D eigenvalue weighted by atomic mass is 10.0. The summed E-state index contributed by atoms with van der Waals surface area (Å²) in [6.07, 6.45) is 1.75. The quantitative estimate of drug-likeness (QED) is 0.596. The molecule has 0 radical (unpaired) electrons. The van der Waals surface area contributed by atoms with E-state index in [4.69, 9.17) is 0 Å². The van der Waals surface area contributed by atoms with Crippen LogP contribution in [0.5, 0.6) is 0 Å². The number of carbonyl (C=O) groups is 1. The molecule has 0 N–H and O–H groups in total. The van der Waals surface area contributed by atoms with Crippen LogP contribution in [0.4, 0.5) is 0 Å². The predicted octanol–water partition coefficient (Wildman–Crippen LogP) is 4.02. The Morgan fingerprint density at radius 1 is 1.06 bits per heavy atom. The third-order valence-electron chi connectivity index (χ3n) is 6.10. The van der Waals surface area contributed by atoms with Crippen molar-refractivity contribution in [3.05, 3.63) is 57.9 Å². The summed E-state index contributed by atoms with van der Waals surface area (Å²) in [5.74, 6) is 0.169. The molecule has 4 rings (SSSR count). The van der Waals surface area contributed by atoms with E-state index in [2.05, 4.69) is 37.9 Å². The first kappa shape index (κ1) is 21.9. The number of hydrogen-bond donors (Lipinski definition) is 0. The number of rotatable bonds is 3. The first-order valence-electron chi connectivity index (χ1n) is 10.4. The average molecular weight is 458 g/mol. The zero-order valence-corrected chi connectivity index (χ0v) is 19.9. The van der Waals surface area contributed by atoms with E-state index in [1.165, 1.54) is 38.9 Å². The summed E-state index contributed by atoms with van der Waals surface area (Å²) < 4.78 is 30.3. The van der Waals surface area contributed by atoms with Gasteiger partial charge in [-0.3, -0.25) is 4.79 Å². The van der Waals surface area contributed by atoms with E-state index in [1.54, 1.807) is 12.1 Å². The zero-order valence-electron chi connectivity index (χ0n) is 18.3. The Kier molecular flexibility index (Phi) is 5.89. The van der Waals surface area contributed by atoms with Gasteiger partial charge in [0.2, 0.25) is 10.0 Å². The number of piperidine rings is 1. The fourth-order valence-electron chi connectivity index (χ4n) is 3.78. The van der Waals surface area contributed by atoms with Crippen molar-refractivity contribution >= 4 is 37.5 Å². The van der Waals surface area contributed by atoms with Crippen molar-refractivity contribution in [3.8, 4) is 0 Å². The van der Waals surface area contributed by atoms with Gasteiger partial charge >= 0.3 is 0 Å². The van der Waals surface area contributed by atoms with Crippen LogP contribution in [0.15, 0.2) is 46.3 Å². The van der Waals surface area contributed by atoms with Crippen molar-refractivity contribution in [2.45, 2.75) is 38.5 Å². The number of amides is 1. The molecule has 0 saturated carbocycles. The lowest BCUT2D eigenvalue weighted by molar-refractivity contribution is 0.0998. The van der Waals surface area contributed by atoms with Crippen LogP contribution in [0.2, 0.25) is 0 Å². The van der Waals surface area contributed by atoms with Crippen molar-refractivity contribution in [3.63, 3.8) is 0 Å². The molecule has 2 aromatic carbocycles. The number of benzene rings is 2.